The molecule has 0 heterocycles. The van der Waals surface area contributed by atoms with Gasteiger partial charge in [0.1, 0.15) is 0 Å². The zero-order valence-electron chi connectivity index (χ0n) is 7.55. The second-order valence-corrected chi connectivity index (χ2v) is 2.33. The number of unbranched alkanes of at least 4 members (excludes halogenated alkanes) is 1. The van der Waals surface area contributed by atoms with Crippen LogP contribution in [0.2, 0.25) is 0 Å². The van der Waals surface area contributed by atoms with Crippen LogP contribution in [0, 0.1) is 0 Å². The summed E-state index contributed by atoms with van der Waals surface area (Å²) in [6.07, 6.45) is 1.87. The maximum absolute atomic E-state index is 10.8. The lowest BCUT2D eigenvalue weighted by atomic mass is 10.3. The van der Waals surface area contributed by atoms with E-state index in [9.17, 15) is 9.59 Å². The van der Waals surface area contributed by atoms with Crippen molar-refractivity contribution in [1.29, 1.82) is 0 Å². The van der Waals surface area contributed by atoms with Crippen molar-refractivity contribution in [3.63, 3.8) is 0 Å². The molecular weight excluding hydrogens is 158 g/mol. The first kappa shape index (κ1) is 10.9. The molecule has 0 saturated heterocycles. The molecule has 4 heteroatoms. The van der Waals surface area contributed by atoms with Gasteiger partial charge < -0.3 is 10.1 Å². The van der Waals surface area contributed by atoms with E-state index in [1.54, 1.807) is 6.92 Å². The van der Waals surface area contributed by atoms with E-state index in [0.717, 1.165) is 12.8 Å². The Morgan fingerprint density at radius 3 is 2.50 bits per heavy atom. The van der Waals surface area contributed by atoms with Gasteiger partial charge in [0.2, 0.25) is 0 Å². The zero-order valence-corrected chi connectivity index (χ0v) is 7.55. The molecule has 0 rings (SSSR count). The van der Waals surface area contributed by atoms with Crippen LogP contribution in [-0.2, 0) is 14.3 Å². The molecule has 4 nitrogen and oxygen atoms in total. The van der Waals surface area contributed by atoms with Crippen molar-refractivity contribution in [3.8, 4) is 0 Å². The van der Waals surface area contributed by atoms with Crippen LogP contribution in [0.1, 0.15) is 26.7 Å². The Hall–Kier alpha value is -1.06. The van der Waals surface area contributed by atoms with Gasteiger partial charge in [-0.05, 0) is 13.3 Å². The largest absolute Gasteiger partial charge is 0.459 e. The number of hydrogen-bond acceptors (Lipinski definition) is 3. The summed E-state index contributed by atoms with van der Waals surface area (Å²) in [7, 11) is 0. The van der Waals surface area contributed by atoms with Crippen LogP contribution in [0.4, 0.5) is 0 Å². The fourth-order valence-corrected chi connectivity index (χ4v) is 0.648. The molecule has 0 aliphatic heterocycles. The first-order chi connectivity index (χ1) is 5.72. The zero-order chi connectivity index (χ0) is 9.40. The van der Waals surface area contributed by atoms with Gasteiger partial charge >= 0.3 is 11.9 Å². The molecule has 1 amide bonds. The second-order valence-electron chi connectivity index (χ2n) is 2.33. The van der Waals surface area contributed by atoms with Gasteiger partial charge in [-0.2, -0.15) is 0 Å². The van der Waals surface area contributed by atoms with E-state index >= 15 is 0 Å². The van der Waals surface area contributed by atoms with Crippen molar-refractivity contribution < 1.29 is 14.3 Å². The minimum Gasteiger partial charge on any atom is -0.459 e. The highest BCUT2D eigenvalue weighted by Gasteiger charge is 2.12. The summed E-state index contributed by atoms with van der Waals surface area (Å²) in [5, 5.41) is 2.45. The fraction of sp³-hybridized carbons (Fsp3) is 0.750. The summed E-state index contributed by atoms with van der Waals surface area (Å²) < 4.78 is 4.48. The summed E-state index contributed by atoms with van der Waals surface area (Å²) in [4.78, 5) is 21.5. The van der Waals surface area contributed by atoms with E-state index in [1.165, 1.54) is 0 Å². The van der Waals surface area contributed by atoms with Gasteiger partial charge in [-0.25, -0.2) is 4.79 Å². The highest BCUT2D eigenvalue weighted by Crippen LogP contribution is 1.83. The van der Waals surface area contributed by atoms with Crippen LogP contribution in [0.5, 0.6) is 0 Å². The summed E-state index contributed by atoms with van der Waals surface area (Å²) in [5.74, 6) is -1.45. The van der Waals surface area contributed by atoms with Crippen molar-refractivity contribution in [2.75, 3.05) is 13.2 Å². The summed E-state index contributed by atoms with van der Waals surface area (Å²) >= 11 is 0. The third-order valence-electron chi connectivity index (χ3n) is 1.28. The van der Waals surface area contributed by atoms with Crippen molar-refractivity contribution in [1.82, 2.24) is 5.32 Å². The van der Waals surface area contributed by atoms with Crippen LogP contribution in [0.25, 0.3) is 0 Å². The molecule has 0 aromatic rings. The number of amides is 1. The molecule has 0 saturated carbocycles. The van der Waals surface area contributed by atoms with Crippen molar-refractivity contribution in [2.24, 2.45) is 0 Å². The van der Waals surface area contributed by atoms with E-state index in [-0.39, 0.29) is 6.61 Å². The van der Waals surface area contributed by atoms with Gasteiger partial charge in [-0.1, -0.05) is 13.3 Å². The average molecular weight is 173 g/mol. The first-order valence-corrected chi connectivity index (χ1v) is 4.17. The van der Waals surface area contributed by atoms with Crippen molar-refractivity contribution >= 4 is 11.9 Å². The molecule has 0 radical (unpaired) electrons. The standard InChI is InChI=1S/C8H15NO3/c1-3-5-6-9-7(10)8(11)12-4-2/h3-6H2,1-2H3,(H,9,10). The quantitative estimate of drug-likeness (QED) is 0.382. The van der Waals surface area contributed by atoms with Gasteiger partial charge in [0.05, 0.1) is 6.61 Å². The van der Waals surface area contributed by atoms with E-state index in [4.69, 9.17) is 0 Å². The Balaban J connectivity index is 3.50. The number of ether oxygens (including phenoxy) is 1. The third-order valence-corrected chi connectivity index (χ3v) is 1.28. The molecule has 0 atom stereocenters. The maximum Gasteiger partial charge on any atom is 0.396 e. The van der Waals surface area contributed by atoms with E-state index in [2.05, 4.69) is 10.1 Å². The van der Waals surface area contributed by atoms with Gasteiger partial charge in [-0.3, -0.25) is 4.79 Å². The smallest absolute Gasteiger partial charge is 0.396 e. The predicted octanol–water partition coefficient (Wildman–Crippen LogP) is 0.466. The number of carbonyl (C=O) groups is 2. The number of nitrogens with one attached hydrogen (secondary N) is 1. The Labute approximate surface area is 72.3 Å². The molecule has 0 unspecified atom stereocenters. The van der Waals surface area contributed by atoms with Crippen LogP contribution < -0.4 is 5.32 Å². The third kappa shape index (κ3) is 4.71. The van der Waals surface area contributed by atoms with Crippen LogP contribution in [-0.4, -0.2) is 25.0 Å². The van der Waals surface area contributed by atoms with Crippen LogP contribution >= 0.6 is 0 Å². The normalized spacial score (nSPS) is 9.17. The summed E-state index contributed by atoms with van der Waals surface area (Å²) in [5.41, 5.74) is 0. The van der Waals surface area contributed by atoms with E-state index in [1.807, 2.05) is 6.92 Å². The molecule has 0 bridgehead atoms. The van der Waals surface area contributed by atoms with Gasteiger partial charge in [-0.15, -0.1) is 0 Å². The minimum atomic E-state index is -0.798. The Morgan fingerprint density at radius 1 is 1.33 bits per heavy atom. The van der Waals surface area contributed by atoms with Crippen LogP contribution in [0.15, 0.2) is 0 Å². The fourth-order valence-electron chi connectivity index (χ4n) is 0.648. The van der Waals surface area contributed by atoms with E-state index < -0.39 is 11.9 Å². The highest BCUT2D eigenvalue weighted by molar-refractivity contribution is 6.32. The molecule has 0 fully saturated rings. The highest BCUT2D eigenvalue weighted by atomic mass is 16.5. The average Bonchev–Trinajstić information content (AvgIpc) is 2.05. The number of rotatable bonds is 4. The molecule has 0 aromatic carbocycles. The van der Waals surface area contributed by atoms with Crippen molar-refractivity contribution in [2.45, 2.75) is 26.7 Å². The molecule has 0 aromatic heterocycles. The molecule has 0 aliphatic carbocycles. The molecule has 12 heavy (non-hydrogen) atoms. The summed E-state index contributed by atoms with van der Waals surface area (Å²) in [6, 6.07) is 0. The first-order valence-electron chi connectivity index (χ1n) is 4.17. The Kier molecular flexibility index (Phi) is 6.05. The topological polar surface area (TPSA) is 55.4 Å². The molecular formula is C8H15NO3. The van der Waals surface area contributed by atoms with Gasteiger partial charge in [0.15, 0.2) is 0 Å². The van der Waals surface area contributed by atoms with E-state index in [0.29, 0.717) is 6.54 Å². The molecule has 0 spiro atoms. The molecule has 70 valence electrons. The predicted molar refractivity (Wildman–Crippen MR) is 44.6 cm³/mol. The number of carbonyl (C=O) groups excluding carboxylic acids is 2. The second kappa shape index (κ2) is 6.64. The van der Waals surface area contributed by atoms with Crippen molar-refractivity contribution in [3.05, 3.63) is 0 Å². The van der Waals surface area contributed by atoms with Gasteiger partial charge in [0, 0.05) is 6.54 Å². The molecule has 0 aliphatic rings. The summed E-state index contributed by atoms with van der Waals surface area (Å²) in [6.45, 7) is 4.45. The maximum atomic E-state index is 10.8. The lowest BCUT2D eigenvalue weighted by molar-refractivity contribution is -0.154. The minimum absolute atomic E-state index is 0.236. The number of esters is 1. The van der Waals surface area contributed by atoms with Gasteiger partial charge in [0.25, 0.3) is 0 Å². The van der Waals surface area contributed by atoms with Crippen LogP contribution in [0.3, 0.4) is 0 Å². The monoisotopic (exact) mass is 173 g/mol. The Bertz CT molecular complexity index is 156. The lowest BCUT2D eigenvalue weighted by Crippen LogP contribution is -2.33. The Morgan fingerprint density at radius 2 is 2.00 bits per heavy atom. The lowest BCUT2D eigenvalue weighted by Gasteiger charge is -2.02. The SMILES string of the molecule is CCCCNC(=O)C(=O)OCC. The molecule has 1 N–H and O–H groups in total. The number of hydrogen-bond donors (Lipinski definition) is 1.